The summed E-state index contributed by atoms with van der Waals surface area (Å²) in [7, 11) is 2.17. The average molecular weight is 826 g/mol. The van der Waals surface area contributed by atoms with Crippen molar-refractivity contribution in [2.75, 3.05) is 38.1 Å². The van der Waals surface area contributed by atoms with Gasteiger partial charge in [0.1, 0.15) is 6.10 Å². The van der Waals surface area contributed by atoms with Crippen LogP contribution in [0.3, 0.4) is 0 Å². The van der Waals surface area contributed by atoms with Crippen molar-refractivity contribution in [1.82, 2.24) is 10.2 Å². The van der Waals surface area contributed by atoms with Gasteiger partial charge in [0, 0.05) is 62.1 Å². The van der Waals surface area contributed by atoms with Gasteiger partial charge in [-0.25, -0.2) is 0 Å². The summed E-state index contributed by atoms with van der Waals surface area (Å²) in [4.78, 5) is 58.5. The van der Waals surface area contributed by atoms with E-state index in [1.54, 1.807) is 0 Å². The predicted molar refractivity (Wildman–Crippen MR) is 235 cm³/mol. The lowest BCUT2D eigenvalue weighted by molar-refractivity contribution is -0.236. The molecule has 9 nitrogen and oxygen atoms in total. The Balaban J connectivity index is 0.983. The number of aliphatic carboxylic acids is 1. The fourth-order valence-corrected chi connectivity index (χ4v) is 15.6. The molecule has 8 rings (SSSR count). The number of carbonyl (C=O) groups is 4. The highest BCUT2D eigenvalue weighted by Crippen LogP contribution is 2.77. The van der Waals surface area contributed by atoms with E-state index in [0.29, 0.717) is 37.6 Å². The maximum Gasteiger partial charge on any atom is 0.309 e. The molecule has 0 bridgehead atoms. The first-order valence-electron chi connectivity index (χ1n) is 23.6. The largest absolute Gasteiger partial charge is 0.481 e. The number of anilines is 1. The van der Waals surface area contributed by atoms with E-state index in [1.165, 1.54) is 11.3 Å². The Morgan fingerprint density at radius 1 is 0.817 bits per heavy atom. The molecule has 330 valence electrons. The van der Waals surface area contributed by atoms with Crippen LogP contribution in [0.2, 0.25) is 0 Å². The predicted octanol–water partition coefficient (Wildman–Crippen LogP) is 9.08. The molecule has 2 N–H and O–H groups in total. The van der Waals surface area contributed by atoms with Gasteiger partial charge in [-0.15, -0.1) is 0 Å². The third-order valence-electron chi connectivity index (χ3n) is 19.4. The number of amides is 1. The summed E-state index contributed by atoms with van der Waals surface area (Å²) in [6, 6.07) is 8.64. The summed E-state index contributed by atoms with van der Waals surface area (Å²) in [5.74, 6) is -0.338. The molecular weight excluding hydrogens is 751 g/mol. The molecule has 60 heavy (non-hydrogen) atoms. The van der Waals surface area contributed by atoms with Crippen molar-refractivity contribution in [2.45, 2.75) is 146 Å². The Hall–Kier alpha value is -3.20. The van der Waals surface area contributed by atoms with E-state index >= 15 is 0 Å². The van der Waals surface area contributed by atoms with E-state index < -0.39 is 22.7 Å². The molecule has 6 aliphatic carbocycles. The maximum absolute atomic E-state index is 14.2. The molecule has 0 radical (unpaired) electrons. The van der Waals surface area contributed by atoms with Gasteiger partial charge in [-0.2, -0.15) is 0 Å². The van der Waals surface area contributed by atoms with Gasteiger partial charge >= 0.3 is 11.9 Å². The molecule has 1 aromatic rings. The lowest BCUT2D eigenvalue weighted by Crippen LogP contribution is -2.66. The highest BCUT2D eigenvalue weighted by Gasteiger charge is 2.70. The SMILES string of the molecule is CC(C)C1=C2[C@H]3CC[C@@H]4[C@@]5(C)CC[C@H](OC(=O)[C@H]6C[C@@H](C(=O)O)C6(C)C)C(C)(C)[C@@H]5CC[C@@]4(C)[C@]3(C)CC[C@@]2(CC(=O)NCc2ccc(N3CCN(C)CC3)cc2)CC1=O. The normalized spacial score (nSPS) is 39.5. The van der Waals surface area contributed by atoms with Crippen LogP contribution in [0.4, 0.5) is 5.69 Å². The number of esters is 1. The molecule has 10 atom stereocenters. The van der Waals surface area contributed by atoms with Gasteiger partial charge in [0.2, 0.25) is 5.91 Å². The summed E-state index contributed by atoms with van der Waals surface area (Å²) in [6.07, 6.45) is 9.04. The number of ether oxygens (including phenoxy) is 1. The minimum absolute atomic E-state index is 0.000566. The van der Waals surface area contributed by atoms with Crippen molar-refractivity contribution in [2.24, 2.45) is 68.0 Å². The molecule has 5 saturated carbocycles. The number of carboxylic acid groups (broad SMARTS) is 1. The lowest BCUT2D eigenvalue weighted by Gasteiger charge is -2.72. The fourth-order valence-electron chi connectivity index (χ4n) is 15.6. The zero-order valence-electron chi connectivity index (χ0n) is 38.5. The van der Waals surface area contributed by atoms with Crippen LogP contribution in [0, 0.1) is 68.0 Å². The molecule has 6 fully saturated rings. The summed E-state index contributed by atoms with van der Waals surface area (Å²) >= 11 is 0. The van der Waals surface area contributed by atoms with Crippen molar-refractivity contribution in [3.8, 4) is 0 Å². The van der Waals surface area contributed by atoms with Gasteiger partial charge in [-0.1, -0.05) is 80.0 Å². The smallest absolute Gasteiger partial charge is 0.309 e. The molecule has 9 heteroatoms. The highest BCUT2D eigenvalue weighted by molar-refractivity contribution is 6.01. The fraction of sp³-hybridized carbons (Fsp3) is 0.765. The van der Waals surface area contributed by atoms with Gasteiger partial charge in [-0.05, 0) is 133 Å². The molecule has 1 aromatic carbocycles. The van der Waals surface area contributed by atoms with E-state index in [9.17, 15) is 24.3 Å². The van der Waals surface area contributed by atoms with Gasteiger partial charge in [0.15, 0.2) is 5.78 Å². The average Bonchev–Trinajstić information content (AvgIpc) is 3.47. The number of rotatable bonds is 9. The zero-order valence-corrected chi connectivity index (χ0v) is 38.5. The molecule has 1 heterocycles. The first-order chi connectivity index (χ1) is 28.1. The Labute approximate surface area is 360 Å². The lowest BCUT2D eigenvalue weighted by atomic mass is 9.33. The third kappa shape index (κ3) is 6.62. The number of likely N-dealkylation sites (N-methyl/N-ethyl adjacent to an activating group) is 1. The summed E-state index contributed by atoms with van der Waals surface area (Å²) in [5.41, 5.74) is 3.60. The van der Waals surface area contributed by atoms with Crippen LogP contribution >= 0.6 is 0 Å². The van der Waals surface area contributed by atoms with Crippen LogP contribution in [0.5, 0.6) is 0 Å². The van der Waals surface area contributed by atoms with Crippen LogP contribution in [0.1, 0.15) is 139 Å². The second kappa shape index (κ2) is 15.0. The molecular formula is C51H75N3O6. The standard InChI is InChI=1S/C51H75N3O6/c1-31(2)42-37(55)28-51(29-41(56)52-30-32-11-13-33(14-12-32)54-25-23-53(10)24-26-54)22-21-49(8)34(43(42)51)15-16-39-48(7)19-18-40(47(5,6)38(48)17-20-50(39,49)9)60-45(59)36-27-35(44(57)58)46(36,3)4/h11-14,31,34-36,38-40H,15-30H2,1-10H3,(H,52,56)(H,57,58)/t34-,35+,36-,38+,39-,40+,48+,49-,50-,51+/m1/s1. The second-order valence-electron chi connectivity index (χ2n) is 23.2. The third-order valence-corrected chi connectivity index (χ3v) is 19.4. The first-order valence-corrected chi connectivity index (χ1v) is 23.6. The monoisotopic (exact) mass is 826 g/mol. The number of nitrogens with zero attached hydrogens (tertiary/aromatic N) is 2. The number of Topliss-reactive ketones (excluding diaryl/α,β-unsaturated/α-hetero) is 1. The van der Waals surface area contributed by atoms with E-state index in [2.05, 4.69) is 94.9 Å². The molecule has 1 amide bonds. The number of allylic oxidation sites excluding steroid dienone is 2. The van der Waals surface area contributed by atoms with E-state index in [0.717, 1.165) is 88.7 Å². The van der Waals surface area contributed by atoms with E-state index in [-0.39, 0.29) is 63.2 Å². The van der Waals surface area contributed by atoms with Crippen molar-refractivity contribution in [3.63, 3.8) is 0 Å². The number of carbonyl (C=O) groups excluding carboxylic acids is 3. The molecule has 7 aliphatic rings. The van der Waals surface area contributed by atoms with Gasteiger partial charge in [0.05, 0.1) is 11.8 Å². The van der Waals surface area contributed by atoms with Gasteiger partial charge in [-0.3, -0.25) is 19.2 Å². The Bertz CT molecular complexity index is 1930. The minimum atomic E-state index is -0.828. The Morgan fingerprint density at radius 2 is 1.50 bits per heavy atom. The minimum Gasteiger partial charge on any atom is -0.481 e. The molecule has 1 aliphatic heterocycles. The van der Waals surface area contributed by atoms with Crippen molar-refractivity contribution in [3.05, 3.63) is 41.0 Å². The highest BCUT2D eigenvalue weighted by atomic mass is 16.5. The number of hydrogen-bond donors (Lipinski definition) is 2. The molecule has 0 aromatic heterocycles. The van der Waals surface area contributed by atoms with Crippen molar-refractivity contribution >= 4 is 29.3 Å². The van der Waals surface area contributed by atoms with Crippen molar-refractivity contribution in [1.29, 1.82) is 0 Å². The number of benzene rings is 1. The van der Waals surface area contributed by atoms with Gasteiger partial charge < -0.3 is 25.0 Å². The maximum atomic E-state index is 14.2. The first kappa shape index (κ1) is 43.4. The molecule has 0 unspecified atom stereocenters. The second-order valence-corrected chi connectivity index (χ2v) is 23.2. The summed E-state index contributed by atoms with van der Waals surface area (Å²) in [5, 5.41) is 13.0. The number of carboxylic acids is 1. The van der Waals surface area contributed by atoms with Crippen LogP contribution < -0.4 is 10.2 Å². The van der Waals surface area contributed by atoms with Crippen LogP contribution in [-0.2, 0) is 30.5 Å². The van der Waals surface area contributed by atoms with Crippen molar-refractivity contribution < 1.29 is 29.0 Å². The Kier molecular flexibility index (Phi) is 10.8. The molecule has 1 saturated heterocycles. The Morgan fingerprint density at radius 3 is 2.13 bits per heavy atom. The van der Waals surface area contributed by atoms with E-state index in [1.807, 2.05) is 13.8 Å². The van der Waals surface area contributed by atoms with Crippen LogP contribution in [-0.4, -0.2) is 73.0 Å². The number of hydrogen-bond acceptors (Lipinski definition) is 7. The topological polar surface area (TPSA) is 116 Å². The van der Waals surface area contributed by atoms with Crippen LogP contribution in [0.15, 0.2) is 35.4 Å². The number of ketones is 1. The number of piperazine rings is 1. The number of fused-ring (bicyclic) bond motifs is 7. The van der Waals surface area contributed by atoms with Gasteiger partial charge in [0.25, 0.3) is 0 Å². The summed E-state index contributed by atoms with van der Waals surface area (Å²) < 4.78 is 6.44. The van der Waals surface area contributed by atoms with Crippen LogP contribution in [0.25, 0.3) is 0 Å². The summed E-state index contributed by atoms with van der Waals surface area (Å²) in [6.45, 7) is 25.1. The quantitative estimate of drug-likeness (QED) is 0.237. The molecule has 0 spiro atoms. The zero-order chi connectivity index (χ0) is 43.4. The number of nitrogens with one attached hydrogen (secondary N) is 1. The van der Waals surface area contributed by atoms with E-state index in [4.69, 9.17) is 4.74 Å².